The Morgan fingerprint density at radius 2 is 2.00 bits per heavy atom. The molecular formula is C16H19ClO2. The molecule has 0 saturated carbocycles. The molecule has 0 amide bonds. The fourth-order valence-electron chi connectivity index (χ4n) is 1.47. The van der Waals surface area contributed by atoms with Crippen LogP contribution >= 0.6 is 11.6 Å². The van der Waals surface area contributed by atoms with Crippen LogP contribution in [0.25, 0.3) is 6.08 Å². The van der Waals surface area contributed by atoms with Gasteiger partial charge in [0.05, 0.1) is 5.02 Å². The van der Waals surface area contributed by atoms with Crippen molar-refractivity contribution < 1.29 is 9.53 Å². The zero-order chi connectivity index (χ0) is 14.6. The Morgan fingerprint density at radius 3 is 2.53 bits per heavy atom. The highest BCUT2D eigenvalue weighted by atomic mass is 35.5. The maximum Gasteiger partial charge on any atom is 0.335 e. The summed E-state index contributed by atoms with van der Waals surface area (Å²) in [6, 6.07) is 3.54. The molecule has 0 radical (unpaired) electrons. The van der Waals surface area contributed by atoms with Crippen molar-refractivity contribution in [3.63, 3.8) is 0 Å². The summed E-state index contributed by atoms with van der Waals surface area (Å²) in [5, 5.41) is 0.417. The molecule has 0 fully saturated rings. The number of halogens is 1. The van der Waals surface area contributed by atoms with E-state index in [1.54, 1.807) is 18.2 Å². The lowest BCUT2D eigenvalue weighted by Gasteiger charge is -2.12. The van der Waals surface area contributed by atoms with Gasteiger partial charge in [-0.15, -0.1) is 0 Å². The molecule has 1 aromatic rings. The molecule has 1 aromatic carbocycles. The molecule has 0 aliphatic heterocycles. The number of rotatable bonds is 3. The van der Waals surface area contributed by atoms with Crippen molar-refractivity contribution in [3.05, 3.63) is 47.0 Å². The van der Waals surface area contributed by atoms with Crippen LogP contribution in [0.4, 0.5) is 0 Å². The predicted molar refractivity (Wildman–Crippen MR) is 80.5 cm³/mol. The first-order chi connectivity index (χ1) is 8.74. The SMILES string of the molecule is C=Cc1ccc(Cl)c(OC(=O)/C=C/C(C)(C)C)c1C. The number of hydrogen-bond acceptors (Lipinski definition) is 2. The summed E-state index contributed by atoms with van der Waals surface area (Å²) in [6.07, 6.45) is 4.93. The van der Waals surface area contributed by atoms with Crippen LogP contribution in [0.2, 0.25) is 5.02 Å². The van der Waals surface area contributed by atoms with Gasteiger partial charge in [-0.05, 0) is 24.0 Å². The van der Waals surface area contributed by atoms with Crippen molar-refractivity contribution in [3.8, 4) is 5.75 Å². The molecule has 0 bridgehead atoms. The number of carbonyl (C=O) groups is 1. The van der Waals surface area contributed by atoms with Crippen molar-refractivity contribution in [1.29, 1.82) is 0 Å². The van der Waals surface area contributed by atoms with Crippen molar-refractivity contribution in [1.82, 2.24) is 0 Å². The molecule has 2 nitrogen and oxygen atoms in total. The molecule has 0 aromatic heterocycles. The standard InChI is InChI=1S/C16H19ClO2/c1-6-12-7-8-13(17)15(11(12)2)19-14(18)9-10-16(3,4)5/h6-10H,1H2,2-5H3/b10-9+. The minimum Gasteiger partial charge on any atom is -0.421 e. The second kappa shape index (κ2) is 6.07. The fraction of sp³-hybridized carbons (Fsp3) is 0.312. The zero-order valence-corrected chi connectivity index (χ0v) is 12.5. The van der Waals surface area contributed by atoms with E-state index in [9.17, 15) is 4.79 Å². The number of allylic oxidation sites excluding steroid dienone is 1. The van der Waals surface area contributed by atoms with E-state index in [-0.39, 0.29) is 5.41 Å². The van der Waals surface area contributed by atoms with Gasteiger partial charge in [-0.2, -0.15) is 0 Å². The van der Waals surface area contributed by atoms with Gasteiger partial charge in [0.25, 0.3) is 0 Å². The minimum atomic E-state index is -0.430. The summed E-state index contributed by atoms with van der Waals surface area (Å²) in [6.45, 7) is 11.6. The van der Waals surface area contributed by atoms with Gasteiger partial charge < -0.3 is 4.74 Å². The molecule has 0 N–H and O–H groups in total. The third-order valence-electron chi connectivity index (χ3n) is 2.54. The number of benzene rings is 1. The predicted octanol–water partition coefficient (Wildman–Crippen LogP) is 4.80. The second-order valence-corrected chi connectivity index (χ2v) is 5.82. The molecule has 0 atom stereocenters. The van der Waals surface area contributed by atoms with Crippen molar-refractivity contribution in [2.75, 3.05) is 0 Å². The molecule has 0 saturated heterocycles. The summed E-state index contributed by atoms with van der Waals surface area (Å²) in [5.74, 6) is -0.0382. The summed E-state index contributed by atoms with van der Waals surface area (Å²) in [7, 11) is 0. The Bertz CT molecular complexity index is 522. The topological polar surface area (TPSA) is 26.3 Å². The van der Waals surface area contributed by atoms with Crippen LogP contribution in [0.15, 0.2) is 30.9 Å². The average molecular weight is 279 g/mol. The summed E-state index contributed by atoms with van der Waals surface area (Å²) in [5.41, 5.74) is 1.63. The Labute approximate surface area is 119 Å². The Kier molecular flexibility index (Phi) is 4.96. The lowest BCUT2D eigenvalue weighted by atomic mass is 9.96. The number of esters is 1. The molecule has 0 heterocycles. The molecule has 3 heteroatoms. The van der Waals surface area contributed by atoms with E-state index in [1.807, 2.05) is 33.8 Å². The van der Waals surface area contributed by atoms with Crippen molar-refractivity contribution >= 4 is 23.6 Å². The van der Waals surface area contributed by atoms with Crippen LogP contribution < -0.4 is 4.74 Å². The van der Waals surface area contributed by atoms with E-state index in [0.717, 1.165) is 11.1 Å². The molecule has 1 rings (SSSR count). The molecule has 0 unspecified atom stereocenters. The van der Waals surface area contributed by atoms with Gasteiger partial charge in [0.1, 0.15) is 0 Å². The quantitative estimate of drug-likeness (QED) is 0.451. The minimum absolute atomic E-state index is 0.0686. The van der Waals surface area contributed by atoms with Gasteiger partial charge in [-0.25, -0.2) is 4.79 Å². The Balaban J connectivity index is 2.97. The molecular weight excluding hydrogens is 260 g/mol. The maximum atomic E-state index is 11.8. The largest absolute Gasteiger partial charge is 0.421 e. The Hall–Kier alpha value is -1.54. The van der Waals surface area contributed by atoms with E-state index >= 15 is 0 Å². The van der Waals surface area contributed by atoms with Crippen LogP contribution in [-0.4, -0.2) is 5.97 Å². The number of hydrogen-bond donors (Lipinski definition) is 0. The average Bonchev–Trinajstić information content (AvgIpc) is 2.31. The first kappa shape index (κ1) is 15.5. The summed E-state index contributed by atoms with van der Waals surface area (Å²) in [4.78, 5) is 11.8. The van der Waals surface area contributed by atoms with Crippen molar-refractivity contribution in [2.24, 2.45) is 5.41 Å². The molecule has 0 spiro atoms. The van der Waals surface area contributed by atoms with Gasteiger partial charge in [-0.3, -0.25) is 0 Å². The highest BCUT2D eigenvalue weighted by Crippen LogP contribution is 2.31. The first-order valence-electron chi connectivity index (χ1n) is 6.07. The molecule has 0 aliphatic rings. The van der Waals surface area contributed by atoms with Crippen LogP contribution in [0.5, 0.6) is 5.75 Å². The normalized spacial score (nSPS) is 11.6. The molecule has 102 valence electrons. The maximum absolute atomic E-state index is 11.8. The highest BCUT2D eigenvalue weighted by molar-refractivity contribution is 6.32. The molecule has 0 aliphatic carbocycles. The second-order valence-electron chi connectivity index (χ2n) is 5.42. The number of ether oxygens (including phenoxy) is 1. The third kappa shape index (κ3) is 4.56. The van der Waals surface area contributed by atoms with Crippen LogP contribution in [0.3, 0.4) is 0 Å². The van der Waals surface area contributed by atoms with Gasteiger partial charge in [0.2, 0.25) is 0 Å². The lowest BCUT2D eigenvalue weighted by Crippen LogP contribution is -2.08. The van der Waals surface area contributed by atoms with E-state index in [1.165, 1.54) is 6.08 Å². The summed E-state index contributed by atoms with van der Waals surface area (Å²) < 4.78 is 5.31. The van der Waals surface area contributed by atoms with E-state index < -0.39 is 5.97 Å². The number of carbonyl (C=O) groups excluding carboxylic acids is 1. The van der Waals surface area contributed by atoms with E-state index in [0.29, 0.717) is 10.8 Å². The summed E-state index contributed by atoms with van der Waals surface area (Å²) >= 11 is 6.06. The van der Waals surface area contributed by atoms with E-state index in [2.05, 4.69) is 6.58 Å². The van der Waals surface area contributed by atoms with Gasteiger partial charge >= 0.3 is 5.97 Å². The monoisotopic (exact) mass is 278 g/mol. The molecule has 19 heavy (non-hydrogen) atoms. The fourth-order valence-corrected chi connectivity index (χ4v) is 1.72. The van der Waals surface area contributed by atoms with Crippen molar-refractivity contribution in [2.45, 2.75) is 27.7 Å². The van der Waals surface area contributed by atoms with Crippen LogP contribution in [0, 0.1) is 12.3 Å². The first-order valence-corrected chi connectivity index (χ1v) is 6.45. The van der Waals surface area contributed by atoms with Gasteiger partial charge in [0, 0.05) is 11.6 Å². The van der Waals surface area contributed by atoms with Gasteiger partial charge in [0.15, 0.2) is 5.75 Å². The van der Waals surface area contributed by atoms with Crippen LogP contribution in [-0.2, 0) is 4.79 Å². The van der Waals surface area contributed by atoms with Crippen LogP contribution in [0.1, 0.15) is 31.9 Å². The zero-order valence-electron chi connectivity index (χ0n) is 11.8. The smallest absolute Gasteiger partial charge is 0.335 e. The van der Waals surface area contributed by atoms with Gasteiger partial charge in [-0.1, -0.05) is 57.2 Å². The lowest BCUT2D eigenvalue weighted by molar-refractivity contribution is -0.129. The highest BCUT2D eigenvalue weighted by Gasteiger charge is 2.12. The Morgan fingerprint density at radius 1 is 1.37 bits per heavy atom. The third-order valence-corrected chi connectivity index (χ3v) is 2.84. The van der Waals surface area contributed by atoms with E-state index in [4.69, 9.17) is 16.3 Å².